The van der Waals surface area contributed by atoms with Crippen molar-refractivity contribution in [3.8, 4) is 11.3 Å². The first-order valence-electron chi connectivity index (χ1n) is 8.36. The largest absolute Gasteiger partial charge is 0.510 e. The molecule has 8 heteroatoms. The van der Waals surface area contributed by atoms with Gasteiger partial charge in [-0.05, 0) is 30.3 Å². The molecule has 0 bridgehead atoms. The van der Waals surface area contributed by atoms with Crippen molar-refractivity contribution in [3.63, 3.8) is 0 Å². The first-order chi connectivity index (χ1) is 13.5. The molecule has 5 nitrogen and oxygen atoms in total. The number of halogens is 2. The molecule has 1 N–H and O–H groups in total. The summed E-state index contributed by atoms with van der Waals surface area (Å²) in [7, 11) is 0. The Kier molecular flexibility index (Phi) is 4.12. The molecule has 0 saturated heterocycles. The summed E-state index contributed by atoms with van der Waals surface area (Å²) < 4.78 is 2.79. The van der Waals surface area contributed by atoms with Crippen molar-refractivity contribution in [1.82, 2.24) is 14.5 Å². The lowest BCUT2D eigenvalue weighted by Crippen LogP contribution is -2.15. The van der Waals surface area contributed by atoms with E-state index in [1.54, 1.807) is 22.8 Å². The van der Waals surface area contributed by atoms with Gasteiger partial charge in [0.1, 0.15) is 10.8 Å². The molecule has 0 fully saturated rings. The number of hydrogen-bond donors (Lipinski definition) is 1. The molecule has 0 saturated carbocycles. The van der Waals surface area contributed by atoms with Gasteiger partial charge < -0.3 is 9.67 Å². The Hall–Kier alpha value is -2.48. The number of thiazole rings is 1. The molecule has 5 rings (SSSR count). The summed E-state index contributed by atoms with van der Waals surface area (Å²) in [6.07, 6.45) is 0. The quantitative estimate of drug-likeness (QED) is 0.432. The van der Waals surface area contributed by atoms with E-state index in [2.05, 4.69) is 25.9 Å². The van der Waals surface area contributed by atoms with Gasteiger partial charge in [0.15, 0.2) is 5.82 Å². The van der Waals surface area contributed by atoms with Crippen LogP contribution >= 0.6 is 38.9 Å². The summed E-state index contributed by atoms with van der Waals surface area (Å²) in [6.45, 7) is 0.224. The average Bonchev–Trinajstić information content (AvgIpc) is 3.26. The Bertz CT molecular complexity index is 1340. The van der Waals surface area contributed by atoms with Gasteiger partial charge in [-0.3, -0.25) is 4.79 Å². The van der Waals surface area contributed by atoms with E-state index in [-0.39, 0.29) is 17.9 Å². The smallest absolute Gasteiger partial charge is 0.281 e. The van der Waals surface area contributed by atoms with Gasteiger partial charge in [0.25, 0.3) is 5.56 Å². The van der Waals surface area contributed by atoms with Crippen molar-refractivity contribution in [2.45, 2.75) is 6.54 Å². The van der Waals surface area contributed by atoms with Crippen LogP contribution in [-0.2, 0) is 6.54 Å². The fourth-order valence-electron chi connectivity index (χ4n) is 3.31. The number of rotatable bonds is 2. The molecule has 0 atom stereocenters. The molecule has 1 aliphatic heterocycles. The van der Waals surface area contributed by atoms with Gasteiger partial charge in [-0.1, -0.05) is 39.7 Å². The van der Waals surface area contributed by atoms with Crippen LogP contribution in [0.2, 0.25) is 5.02 Å². The molecule has 3 heterocycles. The number of hydrogen-bond acceptors (Lipinski definition) is 5. The maximum atomic E-state index is 12.5. The molecule has 2 aromatic heterocycles. The Morgan fingerprint density at radius 2 is 1.93 bits per heavy atom. The lowest BCUT2D eigenvalue weighted by Gasteiger charge is -2.09. The van der Waals surface area contributed by atoms with Crippen molar-refractivity contribution in [1.29, 1.82) is 0 Å². The summed E-state index contributed by atoms with van der Waals surface area (Å²) in [4.78, 5) is 21.4. The van der Waals surface area contributed by atoms with Crippen LogP contribution in [0.3, 0.4) is 0 Å². The highest BCUT2D eigenvalue weighted by Crippen LogP contribution is 2.36. The molecule has 0 spiro atoms. The molecule has 0 amide bonds. The second-order valence-electron chi connectivity index (χ2n) is 6.35. The minimum absolute atomic E-state index is 0.135. The Balaban J connectivity index is 1.65. The van der Waals surface area contributed by atoms with E-state index in [0.717, 1.165) is 15.7 Å². The number of allylic oxidation sites excluding steroid dienone is 1. The van der Waals surface area contributed by atoms with Crippen molar-refractivity contribution < 1.29 is 5.11 Å². The monoisotopic (exact) mass is 471 g/mol. The van der Waals surface area contributed by atoms with E-state index >= 15 is 0 Å². The van der Waals surface area contributed by atoms with Gasteiger partial charge >= 0.3 is 0 Å². The molecule has 1 aliphatic rings. The molecule has 28 heavy (non-hydrogen) atoms. The SMILES string of the molecule is O=c1nc2n(c3cc(Cl)ccc13)CC(O)=C2c1nc(-c2ccc(Br)cc2)cs1. The van der Waals surface area contributed by atoms with Crippen LogP contribution in [0.1, 0.15) is 10.8 Å². The first-order valence-corrected chi connectivity index (χ1v) is 10.4. The third kappa shape index (κ3) is 2.78. The van der Waals surface area contributed by atoms with Crippen molar-refractivity contribution in [3.05, 3.63) is 84.3 Å². The lowest BCUT2D eigenvalue weighted by molar-refractivity contribution is 0.389. The second-order valence-corrected chi connectivity index (χ2v) is 8.56. The zero-order valence-corrected chi connectivity index (χ0v) is 17.3. The number of nitrogens with zero attached hydrogens (tertiary/aromatic N) is 3. The molecule has 0 radical (unpaired) electrons. The maximum Gasteiger partial charge on any atom is 0.281 e. The van der Waals surface area contributed by atoms with Crippen molar-refractivity contribution >= 4 is 55.3 Å². The molecule has 4 aromatic rings. The minimum atomic E-state index is -0.352. The summed E-state index contributed by atoms with van der Waals surface area (Å²) in [6, 6.07) is 12.9. The Labute approximate surface area is 176 Å². The number of benzene rings is 2. The van der Waals surface area contributed by atoms with E-state index in [1.807, 2.05) is 29.6 Å². The zero-order valence-electron chi connectivity index (χ0n) is 14.2. The Morgan fingerprint density at radius 1 is 1.14 bits per heavy atom. The third-order valence-electron chi connectivity index (χ3n) is 4.62. The van der Waals surface area contributed by atoms with E-state index in [9.17, 15) is 9.90 Å². The van der Waals surface area contributed by atoms with Gasteiger partial charge in [0.2, 0.25) is 0 Å². The molecule has 0 aliphatic carbocycles. The van der Waals surface area contributed by atoms with E-state index in [0.29, 0.717) is 32.3 Å². The van der Waals surface area contributed by atoms with Gasteiger partial charge in [0.05, 0.1) is 28.7 Å². The van der Waals surface area contributed by atoms with Crippen LogP contribution in [0.4, 0.5) is 0 Å². The predicted octanol–water partition coefficient (Wildman–Crippen LogP) is 5.27. The topological polar surface area (TPSA) is 68.0 Å². The highest BCUT2D eigenvalue weighted by molar-refractivity contribution is 9.10. The fraction of sp³-hybridized carbons (Fsp3) is 0.0500. The van der Waals surface area contributed by atoms with Crippen molar-refractivity contribution in [2.24, 2.45) is 0 Å². The van der Waals surface area contributed by atoms with Gasteiger partial charge in [-0.2, -0.15) is 4.98 Å². The van der Waals surface area contributed by atoms with Gasteiger partial charge in [-0.25, -0.2) is 4.98 Å². The number of aliphatic hydroxyl groups excluding tert-OH is 1. The van der Waals surface area contributed by atoms with Crippen LogP contribution in [0.5, 0.6) is 0 Å². The first kappa shape index (κ1) is 17.6. The van der Waals surface area contributed by atoms with Gasteiger partial charge in [0, 0.05) is 20.4 Å². The highest BCUT2D eigenvalue weighted by Gasteiger charge is 2.28. The zero-order chi connectivity index (χ0) is 19.4. The molecule has 0 unspecified atom stereocenters. The molecule has 138 valence electrons. The molecule has 2 aromatic carbocycles. The summed E-state index contributed by atoms with van der Waals surface area (Å²) in [5.74, 6) is 0.546. The summed E-state index contributed by atoms with van der Waals surface area (Å²) in [5, 5.41) is 14.2. The Morgan fingerprint density at radius 3 is 2.71 bits per heavy atom. The van der Waals surface area contributed by atoms with Crippen LogP contribution in [-0.4, -0.2) is 19.6 Å². The average molecular weight is 473 g/mol. The standard InChI is InChI=1S/C20H11BrClN3O2S/c21-11-3-1-10(2-4-11)14-9-28-20(23-14)17-16(26)8-25-15-7-12(22)5-6-13(15)19(27)24-18(17)25/h1-7,9,26H,8H2. The molecular formula is C20H11BrClN3O2S. The third-order valence-corrected chi connectivity index (χ3v) is 6.25. The second kappa shape index (κ2) is 6.55. The van der Waals surface area contributed by atoms with Gasteiger partial charge in [-0.15, -0.1) is 11.3 Å². The normalized spacial score (nSPS) is 13.4. The number of aromatic nitrogens is 3. The van der Waals surface area contributed by atoms with Crippen LogP contribution in [0.15, 0.2) is 62.9 Å². The number of aliphatic hydroxyl groups is 1. The fourth-order valence-corrected chi connectivity index (χ4v) is 4.63. The highest BCUT2D eigenvalue weighted by atomic mass is 79.9. The molecular weight excluding hydrogens is 462 g/mol. The van der Waals surface area contributed by atoms with E-state index in [1.165, 1.54) is 11.3 Å². The minimum Gasteiger partial charge on any atom is -0.510 e. The van der Waals surface area contributed by atoms with Crippen LogP contribution < -0.4 is 5.56 Å². The summed E-state index contributed by atoms with van der Waals surface area (Å²) >= 11 is 11.0. The van der Waals surface area contributed by atoms with Crippen LogP contribution in [0.25, 0.3) is 27.7 Å². The number of fused-ring (bicyclic) bond motifs is 3. The lowest BCUT2D eigenvalue weighted by atomic mass is 10.2. The van der Waals surface area contributed by atoms with E-state index in [4.69, 9.17) is 11.6 Å². The summed E-state index contributed by atoms with van der Waals surface area (Å²) in [5.41, 5.74) is 2.56. The van der Waals surface area contributed by atoms with Crippen molar-refractivity contribution in [2.75, 3.05) is 0 Å². The maximum absolute atomic E-state index is 12.5. The van der Waals surface area contributed by atoms with E-state index < -0.39 is 0 Å². The predicted molar refractivity (Wildman–Crippen MR) is 115 cm³/mol. The van der Waals surface area contributed by atoms with Crippen LogP contribution in [0, 0.1) is 0 Å².